The summed E-state index contributed by atoms with van der Waals surface area (Å²) >= 11 is -1.66. The van der Waals surface area contributed by atoms with E-state index in [0.717, 1.165) is 30.8 Å². The Morgan fingerprint density at radius 1 is 1.00 bits per heavy atom. The van der Waals surface area contributed by atoms with Gasteiger partial charge in [0.15, 0.2) is 0 Å². The van der Waals surface area contributed by atoms with Crippen LogP contribution in [0.25, 0.3) is 0 Å². The second-order valence-electron chi connectivity index (χ2n) is 10.2. The molecule has 2 saturated carbocycles. The van der Waals surface area contributed by atoms with E-state index >= 15 is 8.78 Å². The first-order valence-electron chi connectivity index (χ1n) is 12.2. The summed E-state index contributed by atoms with van der Waals surface area (Å²) in [6.45, 7) is 2.02. The minimum absolute atomic E-state index is 0.0996. The number of rotatable bonds is 7. The molecule has 1 nitrogen and oxygen atoms in total. The molecule has 1 saturated heterocycles. The van der Waals surface area contributed by atoms with E-state index in [-0.39, 0.29) is 5.92 Å². The number of ether oxygens (including phenoxy) is 1. The molecule has 0 bridgehead atoms. The zero-order valence-corrected chi connectivity index (χ0v) is 21.2. The maximum absolute atomic E-state index is 15.1. The predicted octanol–water partition coefficient (Wildman–Crippen LogP) is 8.39. The monoisotopic (exact) mass is 544 g/mol. The Morgan fingerprint density at radius 2 is 1.68 bits per heavy atom. The van der Waals surface area contributed by atoms with Gasteiger partial charge in [0.2, 0.25) is 0 Å². The van der Waals surface area contributed by atoms with Crippen molar-refractivity contribution in [1.29, 1.82) is 0 Å². The van der Waals surface area contributed by atoms with Crippen LogP contribution in [0.2, 0.25) is 0 Å². The van der Waals surface area contributed by atoms with Crippen molar-refractivity contribution >= 4 is 22.5 Å². The van der Waals surface area contributed by atoms with Crippen molar-refractivity contribution in [1.82, 2.24) is 0 Å². The van der Waals surface area contributed by atoms with Crippen LogP contribution >= 0.6 is 18.0 Å². The van der Waals surface area contributed by atoms with Crippen molar-refractivity contribution < 1.29 is 13.5 Å². The Labute approximate surface area is 191 Å². The number of halogens is 3. The summed E-state index contributed by atoms with van der Waals surface area (Å²) in [5.41, 5.74) is 1.10. The summed E-state index contributed by atoms with van der Waals surface area (Å²) in [7, 11) is 0. The van der Waals surface area contributed by atoms with E-state index in [0.29, 0.717) is 24.5 Å². The van der Waals surface area contributed by atoms with Crippen molar-refractivity contribution in [2.24, 2.45) is 23.7 Å². The van der Waals surface area contributed by atoms with Crippen molar-refractivity contribution in [2.45, 2.75) is 77.2 Å². The maximum atomic E-state index is 15.1. The van der Waals surface area contributed by atoms with Crippen LogP contribution in [0.4, 0.5) is 8.78 Å². The Bertz CT molecular complexity index is 784. The van der Waals surface area contributed by atoms with Crippen LogP contribution < -0.4 is 0 Å². The number of hydrogen-bond donors (Lipinski definition) is 0. The first-order valence-corrected chi connectivity index (χ1v) is 18.0. The number of allylic oxidation sites excluding steroid dienone is 6. The van der Waals surface area contributed by atoms with Gasteiger partial charge in [0.05, 0.1) is 0 Å². The molecule has 4 aliphatic rings. The van der Waals surface area contributed by atoms with E-state index in [1.165, 1.54) is 41.0 Å². The summed E-state index contributed by atoms with van der Waals surface area (Å²) in [5.74, 6) is 1.19. The first kappa shape index (κ1) is 23.4. The molecule has 174 valence electrons. The molecule has 1 unspecified atom stereocenters. The third-order valence-corrected chi connectivity index (χ3v) is 13.5. The Hall–Kier alpha value is -0.780. The van der Waals surface area contributed by atoms with E-state index in [1.54, 1.807) is 6.08 Å². The molecule has 3 fully saturated rings. The van der Waals surface area contributed by atoms with Crippen LogP contribution in [-0.4, -0.2) is 19.5 Å². The van der Waals surface area contributed by atoms with Crippen LogP contribution in [0.3, 0.4) is 0 Å². The second-order valence-corrected chi connectivity index (χ2v) is 18.9. The molecule has 31 heavy (non-hydrogen) atoms. The normalized spacial score (nSPS) is 32.8. The Morgan fingerprint density at radius 3 is 2.35 bits per heavy atom. The van der Waals surface area contributed by atoms with Gasteiger partial charge in [-0.15, -0.1) is 0 Å². The molecule has 1 heterocycles. The summed E-state index contributed by atoms with van der Waals surface area (Å²) < 4.78 is 45.0. The van der Waals surface area contributed by atoms with Gasteiger partial charge in [-0.25, -0.2) is 0 Å². The topological polar surface area (TPSA) is 9.23 Å². The quantitative estimate of drug-likeness (QED) is 0.231. The molecule has 0 aromatic rings. The SMILES string of the molecule is C=I1(/C=C/CC2C=C(C)C=CC(OC(F)(F)C3CCC(C4CCCCC4)CC3)=C2)CC1. The van der Waals surface area contributed by atoms with Crippen LogP contribution in [0.1, 0.15) is 71.1 Å². The van der Waals surface area contributed by atoms with Gasteiger partial charge in [-0.05, 0) is 5.92 Å². The fourth-order valence-corrected chi connectivity index (χ4v) is 11.6. The van der Waals surface area contributed by atoms with Gasteiger partial charge in [0, 0.05) is 0 Å². The predicted molar refractivity (Wildman–Crippen MR) is 137 cm³/mol. The zero-order valence-electron chi connectivity index (χ0n) is 19.0. The number of hydrogen-bond acceptors (Lipinski definition) is 1. The molecule has 1 atom stereocenters. The molecule has 4 heteroatoms. The second kappa shape index (κ2) is 10.0. The molecule has 3 aliphatic carbocycles. The molecule has 0 N–H and O–H groups in total. The average molecular weight is 545 g/mol. The van der Waals surface area contributed by atoms with Crippen molar-refractivity contribution in [2.75, 3.05) is 8.86 Å². The fraction of sp³-hybridized carbons (Fsp3) is 0.667. The fourth-order valence-electron chi connectivity index (χ4n) is 5.51. The molecule has 0 aromatic carbocycles. The van der Waals surface area contributed by atoms with Crippen LogP contribution in [0.15, 0.2) is 45.8 Å². The van der Waals surface area contributed by atoms with Crippen LogP contribution in [0.5, 0.6) is 0 Å². The van der Waals surface area contributed by atoms with Crippen molar-refractivity contribution in [3.8, 4) is 0 Å². The van der Waals surface area contributed by atoms with Crippen molar-refractivity contribution in [3.05, 3.63) is 45.8 Å². The van der Waals surface area contributed by atoms with Crippen LogP contribution in [-0.2, 0) is 4.74 Å². The third kappa shape index (κ3) is 6.61. The van der Waals surface area contributed by atoms with E-state index in [9.17, 15) is 0 Å². The first-order chi connectivity index (χ1) is 14.8. The van der Waals surface area contributed by atoms with E-state index in [4.69, 9.17) is 4.74 Å². The Balaban J connectivity index is 1.34. The van der Waals surface area contributed by atoms with Gasteiger partial charge in [-0.2, -0.15) is 0 Å². The third-order valence-electron chi connectivity index (χ3n) is 7.62. The Kier molecular flexibility index (Phi) is 7.55. The molecular weight excluding hydrogens is 505 g/mol. The van der Waals surface area contributed by atoms with Gasteiger partial charge in [-0.3, -0.25) is 0 Å². The number of alkyl halides is 4. The molecule has 0 spiro atoms. The molecular formula is C27H39F2IO. The molecule has 0 aromatic heterocycles. The van der Waals surface area contributed by atoms with Gasteiger partial charge < -0.3 is 0 Å². The standard InChI is InChI=1S/C27H39F2IO/c1-21-10-15-26(20-22(19-21)7-6-16-30(2)17-18-30)31-27(28,29)25-13-11-24(12-14-25)23-8-4-3-5-9-23/h6,10,15-16,19-20,22-25H,2-5,7-9,11-14,17-18H2,1H3/b16-6+. The average Bonchev–Trinajstić information content (AvgIpc) is 3.52. The molecule has 1 aliphatic heterocycles. The van der Waals surface area contributed by atoms with Crippen molar-refractivity contribution in [3.63, 3.8) is 0 Å². The van der Waals surface area contributed by atoms with E-state index in [1.807, 2.05) is 19.1 Å². The summed E-state index contributed by atoms with van der Waals surface area (Å²) in [4.78, 5) is 0. The van der Waals surface area contributed by atoms with Crippen LogP contribution in [0, 0.1) is 23.7 Å². The van der Waals surface area contributed by atoms with Gasteiger partial charge >= 0.3 is 154 Å². The summed E-state index contributed by atoms with van der Waals surface area (Å²) in [6.07, 6.45) is 17.3. The van der Waals surface area contributed by atoms with Gasteiger partial charge in [0.1, 0.15) is 0 Å². The zero-order chi connectivity index (χ0) is 21.9. The minimum atomic E-state index is -3.09. The van der Waals surface area contributed by atoms with E-state index in [2.05, 4.69) is 20.7 Å². The molecule has 0 amide bonds. The van der Waals surface area contributed by atoms with Gasteiger partial charge in [0.25, 0.3) is 0 Å². The molecule has 4 rings (SSSR count). The van der Waals surface area contributed by atoms with Gasteiger partial charge in [-0.1, -0.05) is 32.1 Å². The molecule has 0 radical (unpaired) electrons. The summed E-state index contributed by atoms with van der Waals surface area (Å²) in [6, 6.07) is 0. The summed E-state index contributed by atoms with van der Waals surface area (Å²) in [5, 5.41) is 0. The van der Waals surface area contributed by atoms with E-state index < -0.39 is 30.0 Å².